The van der Waals surface area contributed by atoms with Crippen molar-refractivity contribution in [1.29, 1.82) is 0 Å². The standard InChI is InChI=1S/C20H24N2O3/c21-20(24)19-10-16-8-4-5-9-17(16)11-22(19)12-18(23)14-25-13-15-6-2-1-3-7-15/h1-9,18-19,23H,10-14H2,(H2,21,24)/t18?,19-/m0/s1. The summed E-state index contributed by atoms with van der Waals surface area (Å²) >= 11 is 0. The molecule has 3 rings (SSSR count). The Hall–Kier alpha value is -2.21. The largest absolute Gasteiger partial charge is 0.389 e. The number of carbonyl (C=O) groups is 1. The van der Waals surface area contributed by atoms with E-state index in [1.165, 1.54) is 5.56 Å². The lowest BCUT2D eigenvalue weighted by molar-refractivity contribution is -0.124. The first-order valence-electron chi connectivity index (χ1n) is 8.53. The first kappa shape index (κ1) is 17.6. The molecular formula is C20H24N2O3. The minimum absolute atomic E-state index is 0.221. The molecule has 2 aromatic carbocycles. The van der Waals surface area contributed by atoms with E-state index >= 15 is 0 Å². The van der Waals surface area contributed by atoms with Crippen molar-refractivity contribution in [3.8, 4) is 0 Å². The van der Waals surface area contributed by atoms with Crippen LogP contribution in [0.25, 0.3) is 0 Å². The molecule has 2 aromatic rings. The van der Waals surface area contributed by atoms with Crippen molar-refractivity contribution in [3.05, 3.63) is 71.3 Å². The SMILES string of the molecule is NC(=O)[C@@H]1Cc2ccccc2CN1CC(O)COCc1ccccc1. The molecule has 1 aliphatic rings. The van der Waals surface area contributed by atoms with E-state index < -0.39 is 12.1 Å². The Labute approximate surface area is 148 Å². The molecule has 132 valence electrons. The average Bonchev–Trinajstić information content (AvgIpc) is 2.62. The number of carbonyl (C=O) groups excluding carboxylic acids is 1. The predicted octanol–water partition coefficient (Wildman–Crippen LogP) is 1.48. The summed E-state index contributed by atoms with van der Waals surface area (Å²) < 4.78 is 5.60. The van der Waals surface area contributed by atoms with Crippen LogP contribution in [0.3, 0.4) is 0 Å². The van der Waals surface area contributed by atoms with Crippen molar-refractivity contribution in [2.45, 2.75) is 31.7 Å². The molecule has 1 unspecified atom stereocenters. The van der Waals surface area contributed by atoms with Gasteiger partial charge in [0.25, 0.3) is 0 Å². The van der Waals surface area contributed by atoms with Crippen LogP contribution < -0.4 is 5.73 Å². The van der Waals surface area contributed by atoms with Gasteiger partial charge in [0, 0.05) is 13.1 Å². The Balaban J connectivity index is 1.55. The molecule has 0 fully saturated rings. The van der Waals surface area contributed by atoms with Crippen LogP contribution in [0.5, 0.6) is 0 Å². The molecule has 0 bridgehead atoms. The van der Waals surface area contributed by atoms with E-state index in [1.807, 2.05) is 53.4 Å². The van der Waals surface area contributed by atoms with Crippen molar-refractivity contribution in [3.63, 3.8) is 0 Å². The number of hydrogen-bond donors (Lipinski definition) is 2. The highest BCUT2D eigenvalue weighted by molar-refractivity contribution is 5.80. The number of amides is 1. The van der Waals surface area contributed by atoms with Crippen LogP contribution >= 0.6 is 0 Å². The molecule has 3 N–H and O–H groups in total. The number of nitrogens with two attached hydrogens (primary N) is 1. The van der Waals surface area contributed by atoms with E-state index in [-0.39, 0.29) is 12.5 Å². The van der Waals surface area contributed by atoms with Gasteiger partial charge in [0.2, 0.25) is 5.91 Å². The molecule has 0 aliphatic carbocycles. The van der Waals surface area contributed by atoms with Crippen molar-refractivity contribution in [1.82, 2.24) is 4.90 Å². The summed E-state index contributed by atoms with van der Waals surface area (Å²) in [7, 11) is 0. The maximum absolute atomic E-state index is 11.8. The smallest absolute Gasteiger partial charge is 0.235 e. The second kappa shape index (κ2) is 8.25. The minimum Gasteiger partial charge on any atom is -0.389 e. The second-order valence-corrected chi connectivity index (χ2v) is 6.47. The number of aliphatic hydroxyl groups is 1. The summed E-state index contributed by atoms with van der Waals surface area (Å²) in [6.45, 7) is 1.65. The molecule has 5 heteroatoms. The third kappa shape index (κ3) is 4.66. The molecular weight excluding hydrogens is 316 g/mol. The lowest BCUT2D eigenvalue weighted by Crippen LogP contribution is -2.51. The molecule has 1 amide bonds. The maximum atomic E-state index is 11.8. The fourth-order valence-corrected chi connectivity index (χ4v) is 3.26. The van der Waals surface area contributed by atoms with Crippen LogP contribution in [0, 0.1) is 0 Å². The summed E-state index contributed by atoms with van der Waals surface area (Å²) in [4.78, 5) is 13.8. The third-order valence-corrected chi connectivity index (χ3v) is 4.54. The summed E-state index contributed by atoms with van der Waals surface area (Å²) in [5.74, 6) is -0.355. The average molecular weight is 340 g/mol. The molecule has 25 heavy (non-hydrogen) atoms. The minimum atomic E-state index is -0.671. The van der Waals surface area contributed by atoms with Gasteiger partial charge >= 0.3 is 0 Å². The van der Waals surface area contributed by atoms with Gasteiger partial charge < -0.3 is 15.6 Å². The first-order valence-corrected chi connectivity index (χ1v) is 8.53. The number of nitrogens with zero attached hydrogens (tertiary/aromatic N) is 1. The molecule has 1 aliphatic heterocycles. The highest BCUT2D eigenvalue weighted by Gasteiger charge is 2.31. The van der Waals surface area contributed by atoms with Gasteiger partial charge in [-0.2, -0.15) is 0 Å². The van der Waals surface area contributed by atoms with Crippen molar-refractivity contribution < 1.29 is 14.6 Å². The highest BCUT2D eigenvalue weighted by atomic mass is 16.5. The van der Waals surface area contributed by atoms with Crippen LogP contribution in [0.1, 0.15) is 16.7 Å². The molecule has 0 radical (unpaired) electrons. The Kier molecular flexibility index (Phi) is 5.81. The van der Waals surface area contributed by atoms with E-state index in [1.54, 1.807) is 0 Å². The first-order chi connectivity index (χ1) is 12.1. The van der Waals surface area contributed by atoms with Gasteiger partial charge in [0.05, 0.1) is 25.4 Å². The Morgan fingerprint density at radius 3 is 2.56 bits per heavy atom. The molecule has 0 saturated carbocycles. The highest BCUT2D eigenvalue weighted by Crippen LogP contribution is 2.23. The van der Waals surface area contributed by atoms with Crippen molar-refractivity contribution in [2.24, 2.45) is 5.73 Å². The number of primary amides is 1. The van der Waals surface area contributed by atoms with Gasteiger partial charge in [-0.05, 0) is 23.1 Å². The maximum Gasteiger partial charge on any atom is 0.235 e. The normalized spacial score (nSPS) is 18.5. The number of benzene rings is 2. The monoisotopic (exact) mass is 340 g/mol. The quantitative estimate of drug-likeness (QED) is 0.800. The molecule has 0 spiro atoms. The summed E-state index contributed by atoms with van der Waals surface area (Å²) in [5.41, 5.74) is 8.97. The number of β-amino-alcohol motifs (C(OH)–C–C–N with tert-alkyl or cyclic N) is 1. The predicted molar refractivity (Wildman–Crippen MR) is 95.6 cm³/mol. The topological polar surface area (TPSA) is 75.8 Å². The zero-order chi connectivity index (χ0) is 17.6. The van der Waals surface area contributed by atoms with Crippen LogP contribution in [0.4, 0.5) is 0 Å². The van der Waals surface area contributed by atoms with Gasteiger partial charge in [-0.1, -0.05) is 54.6 Å². The van der Waals surface area contributed by atoms with Crippen LogP contribution in [0.15, 0.2) is 54.6 Å². The van der Waals surface area contributed by atoms with E-state index in [2.05, 4.69) is 6.07 Å². The van der Waals surface area contributed by atoms with Gasteiger partial charge in [-0.25, -0.2) is 0 Å². The van der Waals surface area contributed by atoms with E-state index in [0.29, 0.717) is 26.1 Å². The van der Waals surface area contributed by atoms with Gasteiger partial charge in [-0.15, -0.1) is 0 Å². The Morgan fingerprint density at radius 1 is 1.16 bits per heavy atom. The van der Waals surface area contributed by atoms with Crippen LogP contribution in [-0.4, -0.2) is 41.2 Å². The number of hydrogen-bond acceptors (Lipinski definition) is 4. The zero-order valence-electron chi connectivity index (χ0n) is 14.2. The fourth-order valence-electron chi connectivity index (χ4n) is 3.26. The fraction of sp³-hybridized carbons (Fsp3) is 0.350. The Morgan fingerprint density at radius 2 is 1.84 bits per heavy atom. The van der Waals surface area contributed by atoms with E-state index in [4.69, 9.17) is 10.5 Å². The third-order valence-electron chi connectivity index (χ3n) is 4.54. The molecule has 0 aromatic heterocycles. The number of fused-ring (bicyclic) bond motifs is 1. The molecule has 5 nitrogen and oxygen atoms in total. The lowest BCUT2D eigenvalue weighted by atomic mass is 9.93. The van der Waals surface area contributed by atoms with E-state index in [0.717, 1.165) is 11.1 Å². The van der Waals surface area contributed by atoms with Gasteiger partial charge in [-0.3, -0.25) is 9.69 Å². The van der Waals surface area contributed by atoms with Gasteiger partial charge in [0.15, 0.2) is 0 Å². The number of aliphatic hydroxyl groups excluding tert-OH is 1. The van der Waals surface area contributed by atoms with Crippen molar-refractivity contribution >= 4 is 5.91 Å². The lowest BCUT2D eigenvalue weighted by Gasteiger charge is -2.36. The molecule has 1 heterocycles. The summed E-state index contributed by atoms with van der Waals surface area (Å²) in [5, 5.41) is 10.3. The molecule has 2 atom stereocenters. The van der Waals surface area contributed by atoms with Crippen LogP contribution in [0.2, 0.25) is 0 Å². The molecule has 0 saturated heterocycles. The van der Waals surface area contributed by atoms with Crippen molar-refractivity contribution in [2.75, 3.05) is 13.2 Å². The van der Waals surface area contributed by atoms with Gasteiger partial charge in [0.1, 0.15) is 0 Å². The summed E-state index contributed by atoms with van der Waals surface area (Å²) in [6, 6.07) is 17.5. The second-order valence-electron chi connectivity index (χ2n) is 6.47. The number of rotatable bonds is 7. The summed E-state index contributed by atoms with van der Waals surface area (Å²) in [6.07, 6.45) is -0.0841. The van der Waals surface area contributed by atoms with Crippen LogP contribution in [-0.2, 0) is 29.1 Å². The number of ether oxygens (including phenoxy) is 1. The van der Waals surface area contributed by atoms with E-state index in [9.17, 15) is 9.90 Å². The Bertz CT molecular complexity index is 705. The zero-order valence-corrected chi connectivity index (χ0v) is 14.2.